The molecule has 0 aliphatic rings. The van der Waals surface area contributed by atoms with Gasteiger partial charge >= 0.3 is 5.91 Å². The molecule has 29 heavy (non-hydrogen) atoms. The average molecular weight is 397 g/mol. The number of hydrogen-bond donors (Lipinski definition) is 1. The Labute approximate surface area is 165 Å². The van der Waals surface area contributed by atoms with Crippen LogP contribution in [0.3, 0.4) is 0 Å². The van der Waals surface area contributed by atoms with Crippen LogP contribution in [-0.4, -0.2) is 30.3 Å². The molecule has 4 aromatic rings. The highest BCUT2D eigenvalue weighted by Crippen LogP contribution is 2.26. The van der Waals surface area contributed by atoms with Crippen molar-refractivity contribution < 1.29 is 18.9 Å². The van der Waals surface area contributed by atoms with Gasteiger partial charge in [0.05, 0.1) is 18.1 Å². The van der Waals surface area contributed by atoms with Crippen LogP contribution in [0.4, 0.5) is 8.78 Å². The Morgan fingerprint density at radius 1 is 1.17 bits per heavy atom. The molecule has 0 saturated carbocycles. The minimum atomic E-state index is -2.76. The summed E-state index contributed by atoms with van der Waals surface area (Å²) in [7, 11) is 1.79. The molecule has 0 atom stereocenters. The highest BCUT2D eigenvalue weighted by molar-refractivity contribution is 5.93. The van der Waals surface area contributed by atoms with Gasteiger partial charge in [-0.05, 0) is 13.0 Å². The molecule has 0 aliphatic heterocycles. The lowest BCUT2D eigenvalue weighted by Gasteiger charge is -2.08. The normalized spacial score (nSPS) is 11.5. The molecule has 1 amide bonds. The van der Waals surface area contributed by atoms with E-state index in [1.165, 1.54) is 17.6 Å². The van der Waals surface area contributed by atoms with Crippen LogP contribution in [0.5, 0.6) is 0 Å². The van der Waals surface area contributed by atoms with Crippen molar-refractivity contribution in [1.82, 2.24) is 24.4 Å². The summed E-state index contributed by atoms with van der Waals surface area (Å²) in [5, 5.41) is 9.53. The molecule has 9 heteroatoms. The van der Waals surface area contributed by atoms with E-state index in [4.69, 9.17) is 0 Å². The zero-order valence-electron chi connectivity index (χ0n) is 15.9. The number of rotatable bonds is 5. The first-order valence-corrected chi connectivity index (χ1v) is 9.01. The molecule has 3 heterocycles. The fraction of sp³-hybridized carbons (Fsp3) is 0.200. The second-order valence-electron chi connectivity index (χ2n) is 6.82. The second kappa shape index (κ2) is 7.51. The Hall–Kier alpha value is -3.46. The third-order valence-corrected chi connectivity index (χ3v) is 4.62. The molecule has 4 rings (SSSR count). The Morgan fingerprint density at radius 2 is 1.93 bits per heavy atom. The molecule has 0 fully saturated rings. The number of carbonyl (C=O) groups excluding carboxylic acids is 1. The molecule has 148 valence electrons. The summed E-state index contributed by atoms with van der Waals surface area (Å²) in [6.45, 7) is 2.32. The van der Waals surface area contributed by atoms with E-state index in [0.29, 0.717) is 17.8 Å². The lowest BCUT2D eigenvalue weighted by molar-refractivity contribution is -0.571. The molecule has 3 aromatic heterocycles. The maximum atomic E-state index is 13.6. The number of fused-ring (bicyclic) bond motifs is 1. The summed E-state index contributed by atoms with van der Waals surface area (Å²) in [6.07, 6.45) is 2.01. The molecule has 0 spiro atoms. The van der Waals surface area contributed by atoms with Gasteiger partial charge in [0.25, 0.3) is 6.43 Å². The number of carbonyl (C=O) groups is 1. The van der Waals surface area contributed by atoms with Gasteiger partial charge in [-0.25, -0.2) is 23.1 Å². The number of hydrogen-bond acceptors (Lipinski definition) is 4. The van der Waals surface area contributed by atoms with Gasteiger partial charge in [0, 0.05) is 24.4 Å². The van der Waals surface area contributed by atoms with Crippen molar-refractivity contribution in [2.75, 3.05) is 0 Å². The third kappa shape index (κ3) is 3.77. The maximum Gasteiger partial charge on any atom is 0.348 e. The summed E-state index contributed by atoms with van der Waals surface area (Å²) in [6, 6.07) is 8.70. The van der Waals surface area contributed by atoms with Crippen LogP contribution in [0.1, 0.15) is 33.6 Å². The number of aryl methyl sites for hydroxylation is 2. The molecule has 0 radical (unpaired) electrons. The molecular formula is C20H19F2N6O+. The van der Waals surface area contributed by atoms with Crippen molar-refractivity contribution in [2.24, 2.45) is 7.05 Å². The smallest absolute Gasteiger partial charge is 0.275 e. The topological polar surface area (TPSA) is 81.7 Å². The number of alkyl halides is 2. The zero-order chi connectivity index (χ0) is 20.5. The Bertz CT molecular complexity index is 1180. The minimum absolute atomic E-state index is 0.116. The van der Waals surface area contributed by atoms with E-state index < -0.39 is 6.43 Å². The number of aromatic nitrogens is 5. The van der Waals surface area contributed by atoms with E-state index >= 15 is 0 Å². The van der Waals surface area contributed by atoms with Gasteiger partial charge in [-0.1, -0.05) is 29.8 Å². The monoisotopic (exact) mass is 397 g/mol. The summed E-state index contributed by atoms with van der Waals surface area (Å²) in [4.78, 5) is 17.2. The first-order chi connectivity index (χ1) is 13.9. The van der Waals surface area contributed by atoms with E-state index in [1.54, 1.807) is 17.9 Å². The van der Waals surface area contributed by atoms with Crippen LogP contribution in [-0.2, 0) is 13.6 Å². The van der Waals surface area contributed by atoms with Crippen LogP contribution < -0.4 is 5.32 Å². The van der Waals surface area contributed by atoms with Crippen molar-refractivity contribution in [3.8, 4) is 11.3 Å². The number of benzene rings is 1. The van der Waals surface area contributed by atoms with Gasteiger partial charge in [-0.15, -0.1) is 0 Å². The van der Waals surface area contributed by atoms with Crippen molar-refractivity contribution in [3.05, 3.63) is 71.3 Å². The van der Waals surface area contributed by atoms with Gasteiger partial charge in [0.1, 0.15) is 17.8 Å². The second-order valence-corrected chi connectivity index (χ2v) is 6.82. The molecule has 0 unspecified atom stereocenters. The maximum absolute atomic E-state index is 13.6. The van der Waals surface area contributed by atoms with Gasteiger partial charge in [-0.3, -0.25) is 10.00 Å². The van der Waals surface area contributed by atoms with Crippen molar-refractivity contribution in [3.63, 3.8) is 0 Å². The molecule has 0 aliphatic carbocycles. The Morgan fingerprint density at radius 3 is 2.59 bits per heavy atom. The number of halogens is 2. The lowest BCUT2D eigenvalue weighted by Crippen LogP contribution is -2.86. The molecule has 2 N–H and O–H groups in total. The number of nitrogens with zero attached hydrogens (tertiary/aromatic N) is 5. The summed E-state index contributed by atoms with van der Waals surface area (Å²) < 4.78 is 30.0. The lowest BCUT2D eigenvalue weighted by atomic mass is 10.1. The number of primary amides is 1. The minimum Gasteiger partial charge on any atom is -0.275 e. The Balaban J connectivity index is 1.72. The van der Waals surface area contributed by atoms with Crippen molar-refractivity contribution >= 4 is 11.6 Å². The number of amides is 1. The SMILES string of the molecule is Cc1ccc(-c2cc(C(F)F)n3ncc(C(=O)[NH2+]Cc4cnn(C)c4)c3n2)cc1. The van der Waals surface area contributed by atoms with Crippen LogP contribution in [0, 0.1) is 6.92 Å². The molecule has 0 saturated heterocycles. The van der Waals surface area contributed by atoms with Crippen molar-refractivity contribution in [1.29, 1.82) is 0 Å². The van der Waals surface area contributed by atoms with Gasteiger partial charge in [0.2, 0.25) is 0 Å². The largest absolute Gasteiger partial charge is 0.348 e. The molecule has 1 aromatic carbocycles. The highest BCUT2D eigenvalue weighted by atomic mass is 19.3. The van der Waals surface area contributed by atoms with Crippen LogP contribution in [0.15, 0.2) is 48.9 Å². The third-order valence-electron chi connectivity index (χ3n) is 4.62. The van der Waals surface area contributed by atoms with E-state index in [2.05, 4.69) is 15.2 Å². The van der Waals surface area contributed by atoms with Crippen molar-refractivity contribution in [2.45, 2.75) is 19.9 Å². The Kier molecular flexibility index (Phi) is 4.89. The van der Waals surface area contributed by atoms with Crippen LogP contribution in [0.2, 0.25) is 0 Å². The van der Waals surface area contributed by atoms with E-state index in [1.807, 2.05) is 37.4 Å². The number of quaternary nitrogens is 1. The van der Waals surface area contributed by atoms with E-state index in [-0.39, 0.29) is 22.8 Å². The van der Waals surface area contributed by atoms with Crippen LogP contribution >= 0.6 is 0 Å². The first kappa shape index (κ1) is 18.9. The standard InChI is InChI=1S/C20H18F2N6O/c1-12-3-5-14(6-4-12)16-7-17(18(21)22)28-19(26-16)15(10-25-28)20(29)23-8-13-9-24-27(2)11-13/h3-7,9-11,18H,8H2,1-2H3,(H,23,29)/p+1. The van der Waals surface area contributed by atoms with Gasteiger partial charge in [0.15, 0.2) is 5.65 Å². The van der Waals surface area contributed by atoms with E-state index in [9.17, 15) is 13.6 Å². The zero-order valence-corrected chi connectivity index (χ0v) is 15.9. The summed E-state index contributed by atoms with van der Waals surface area (Å²) in [5.41, 5.74) is 2.98. The molecule has 7 nitrogen and oxygen atoms in total. The quantitative estimate of drug-likeness (QED) is 0.560. The van der Waals surface area contributed by atoms with Gasteiger partial charge in [-0.2, -0.15) is 10.2 Å². The first-order valence-electron chi connectivity index (χ1n) is 9.01. The van der Waals surface area contributed by atoms with E-state index in [0.717, 1.165) is 15.6 Å². The average Bonchev–Trinajstić information content (AvgIpc) is 3.31. The van der Waals surface area contributed by atoms with Gasteiger partial charge < -0.3 is 0 Å². The van der Waals surface area contributed by atoms with Crippen LogP contribution in [0.25, 0.3) is 16.9 Å². The highest BCUT2D eigenvalue weighted by Gasteiger charge is 2.23. The molecule has 0 bridgehead atoms. The predicted octanol–water partition coefficient (Wildman–Crippen LogP) is 2.28. The predicted molar refractivity (Wildman–Crippen MR) is 101 cm³/mol. The number of nitrogens with two attached hydrogens (primary N) is 1. The fourth-order valence-corrected chi connectivity index (χ4v) is 3.09. The summed E-state index contributed by atoms with van der Waals surface area (Å²) in [5.74, 6) is -0.322. The molecular weight excluding hydrogens is 378 g/mol. The fourth-order valence-electron chi connectivity index (χ4n) is 3.09. The summed E-state index contributed by atoms with van der Waals surface area (Å²) >= 11 is 0.